The molecular weight excluding hydrogens is 264 g/mol. The van der Waals surface area contributed by atoms with Crippen LogP contribution in [0.15, 0.2) is 35.8 Å². The molecule has 0 saturated heterocycles. The fraction of sp³-hybridized carbons (Fsp3) is 0.471. The number of nitrogens with one attached hydrogen (secondary N) is 1. The molecule has 2 aromatic rings. The highest BCUT2D eigenvalue weighted by atomic mass is 32.1. The smallest absolute Gasteiger partial charge is 0.109 e. The number of aryl methyl sites for hydroxylation is 1. The van der Waals surface area contributed by atoms with Crippen molar-refractivity contribution >= 4 is 11.3 Å². The van der Waals surface area contributed by atoms with Gasteiger partial charge in [-0.25, -0.2) is 4.98 Å². The Labute approximate surface area is 125 Å². The van der Waals surface area contributed by atoms with Crippen molar-refractivity contribution in [3.8, 4) is 0 Å². The van der Waals surface area contributed by atoms with Gasteiger partial charge < -0.3 is 5.32 Å². The normalized spacial score (nSPS) is 20.1. The van der Waals surface area contributed by atoms with E-state index in [0.29, 0.717) is 12.1 Å². The minimum absolute atomic E-state index is 0.381. The Balaban J connectivity index is 1.82. The Morgan fingerprint density at radius 1 is 1.35 bits per heavy atom. The van der Waals surface area contributed by atoms with E-state index in [1.807, 2.05) is 6.20 Å². The molecule has 0 amide bonds. The second kappa shape index (κ2) is 6.51. The largest absolute Gasteiger partial charge is 0.301 e. The Morgan fingerprint density at radius 3 is 3.05 bits per heavy atom. The first kappa shape index (κ1) is 13.8. The van der Waals surface area contributed by atoms with Crippen LogP contribution in [-0.4, -0.2) is 4.98 Å². The molecule has 0 radical (unpaired) electrons. The third kappa shape index (κ3) is 2.94. The molecule has 0 bridgehead atoms. The van der Waals surface area contributed by atoms with Crippen LogP contribution in [0, 0.1) is 0 Å². The third-order valence-corrected chi connectivity index (χ3v) is 5.07. The van der Waals surface area contributed by atoms with E-state index >= 15 is 0 Å². The Hall–Kier alpha value is -1.19. The van der Waals surface area contributed by atoms with Crippen molar-refractivity contribution in [2.75, 3.05) is 0 Å². The molecule has 1 heterocycles. The zero-order valence-electron chi connectivity index (χ0n) is 12.0. The van der Waals surface area contributed by atoms with Gasteiger partial charge >= 0.3 is 0 Å². The topological polar surface area (TPSA) is 24.9 Å². The van der Waals surface area contributed by atoms with Gasteiger partial charge in [0.25, 0.3) is 0 Å². The van der Waals surface area contributed by atoms with E-state index in [4.69, 9.17) is 0 Å². The number of hydrogen-bond donors (Lipinski definition) is 1. The fourth-order valence-electron chi connectivity index (χ4n) is 3.11. The van der Waals surface area contributed by atoms with Gasteiger partial charge in [-0.15, -0.1) is 11.3 Å². The number of hydrogen-bond acceptors (Lipinski definition) is 3. The lowest BCUT2D eigenvalue weighted by molar-refractivity contribution is 0.410. The molecule has 3 rings (SSSR count). The van der Waals surface area contributed by atoms with Gasteiger partial charge in [0.15, 0.2) is 0 Å². The molecule has 1 aromatic heterocycles. The maximum absolute atomic E-state index is 4.49. The Bertz CT molecular complexity index is 536. The van der Waals surface area contributed by atoms with E-state index in [0.717, 1.165) is 6.42 Å². The molecule has 0 saturated carbocycles. The van der Waals surface area contributed by atoms with Crippen LogP contribution in [-0.2, 0) is 6.42 Å². The minimum Gasteiger partial charge on any atom is -0.301 e. The van der Waals surface area contributed by atoms with Crippen LogP contribution in [0.5, 0.6) is 0 Å². The minimum atomic E-state index is 0.381. The first-order valence-corrected chi connectivity index (χ1v) is 8.49. The molecule has 1 aliphatic rings. The second-order valence-electron chi connectivity index (χ2n) is 5.50. The van der Waals surface area contributed by atoms with E-state index in [9.17, 15) is 0 Å². The molecule has 2 atom stereocenters. The first-order chi connectivity index (χ1) is 9.88. The van der Waals surface area contributed by atoms with Gasteiger partial charge in [0.2, 0.25) is 0 Å². The molecule has 0 aliphatic heterocycles. The van der Waals surface area contributed by atoms with Gasteiger partial charge in [-0.2, -0.15) is 0 Å². The van der Waals surface area contributed by atoms with Gasteiger partial charge in [-0.05, 0) is 36.8 Å². The highest BCUT2D eigenvalue weighted by Gasteiger charge is 2.22. The molecule has 3 heteroatoms. The van der Waals surface area contributed by atoms with Gasteiger partial charge in [0.1, 0.15) is 5.01 Å². The van der Waals surface area contributed by atoms with Crippen molar-refractivity contribution in [2.24, 2.45) is 0 Å². The van der Waals surface area contributed by atoms with Crippen molar-refractivity contribution in [2.45, 2.75) is 51.1 Å². The van der Waals surface area contributed by atoms with Crippen LogP contribution in [0.25, 0.3) is 0 Å². The van der Waals surface area contributed by atoms with Gasteiger partial charge in [-0.3, -0.25) is 0 Å². The molecule has 20 heavy (non-hydrogen) atoms. The van der Waals surface area contributed by atoms with Gasteiger partial charge in [-0.1, -0.05) is 37.6 Å². The fourth-order valence-corrected chi connectivity index (χ4v) is 3.89. The van der Waals surface area contributed by atoms with Crippen LogP contribution in [0.2, 0.25) is 0 Å². The van der Waals surface area contributed by atoms with Crippen molar-refractivity contribution in [3.63, 3.8) is 0 Å². The summed E-state index contributed by atoms with van der Waals surface area (Å²) >= 11 is 1.76. The Kier molecular flexibility index (Phi) is 4.48. The predicted octanol–water partition coefficient (Wildman–Crippen LogP) is 4.65. The van der Waals surface area contributed by atoms with Crippen molar-refractivity contribution in [1.82, 2.24) is 10.3 Å². The van der Waals surface area contributed by atoms with Crippen LogP contribution in [0.3, 0.4) is 0 Å². The summed E-state index contributed by atoms with van der Waals surface area (Å²) in [6, 6.07) is 9.78. The van der Waals surface area contributed by atoms with Crippen LogP contribution in [0.4, 0.5) is 0 Å². The zero-order valence-corrected chi connectivity index (χ0v) is 12.8. The molecule has 2 unspecified atom stereocenters. The number of rotatable bonds is 4. The lowest BCUT2D eigenvalue weighted by atomic mass is 9.98. The van der Waals surface area contributed by atoms with E-state index in [1.165, 1.54) is 41.8 Å². The first-order valence-electron chi connectivity index (χ1n) is 7.61. The molecule has 0 fully saturated rings. The van der Waals surface area contributed by atoms with Gasteiger partial charge in [0, 0.05) is 17.6 Å². The molecule has 1 N–H and O–H groups in total. The van der Waals surface area contributed by atoms with E-state index in [-0.39, 0.29) is 0 Å². The Morgan fingerprint density at radius 2 is 2.25 bits per heavy atom. The van der Waals surface area contributed by atoms with Gasteiger partial charge in [0.05, 0.1) is 6.04 Å². The molecule has 2 nitrogen and oxygen atoms in total. The quantitative estimate of drug-likeness (QED) is 0.827. The van der Waals surface area contributed by atoms with Crippen LogP contribution in [0.1, 0.15) is 60.8 Å². The van der Waals surface area contributed by atoms with Crippen LogP contribution >= 0.6 is 11.3 Å². The third-order valence-electron chi connectivity index (χ3n) is 4.18. The summed E-state index contributed by atoms with van der Waals surface area (Å²) in [5.74, 6) is 0. The monoisotopic (exact) mass is 286 g/mol. The lowest BCUT2D eigenvalue weighted by Crippen LogP contribution is -2.26. The average molecular weight is 286 g/mol. The summed E-state index contributed by atoms with van der Waals surface area (Å²) in [4.78, 5) is 4.49. The highest BCUT2D eigenvalue weighted by molar-refractivity contribution is 7.09. The number of aromatic nitrogens is 1. The summed E-state index contributed by atoms with van der Waals surface area (Å²) in [7, 11) is 0. The molecular formula is C17H22N2S. The van der Waals surface area contributed by atoms with Crippen molar-refractivity contribution < 1.29 is 0 Å². The summed E-state index contributed by atoms with van der Waals surface area (Å²) in [6.07, 6.45) is 8.07. The zero-order chi connectivity index (χ0) is 13.8. The lowest BCUT2D eigenvalue weighted by Gasteiger charge is -2.24. The summed E-state index contributed by atoms with van der Waals surface area (Å²) in [5, 5.41) is 7.14. The summed E-state index contributed by atoms with van der Waals surface area (Å²) < 4.78 is 0. The molecule has 1 aromatic carbocycles. The molecule has 0 spiro atoms. The van der Waals surface area contributed by atoms with E-state index < -0.39 is 0 Å². The second-order valence-corrected chi connectivity index (χ2v) is 6.42. The SMILES string of the molecule is CCC(NC1CCCCc2ccccc21)c1nccs1. The average Bonchev–Trinajstić information content (AvgIpc) is 2.94. The standard InChI is InChI=1S/C17H22N2S/c1-2-15(17-18-11-12-20-17)19-16-10-6-4-8-13-7-3-5-9-14(13)16/h3,5,7,9,11-12,15-16,19H,2,4,6,8,10H2,1H3. The number of benzene rings is 1. The highest BCUT2D eigenvalue weighted by Crippen LogP contribution is 2.31. The molecule has 1 aliphatic carbocycles. The van der Waals surface area contributed by atoms with Crippen molar-refractivity contribution in [1.29, 1.82) is 0 Å². The van der Waals surface area contributed by atoms with Crippen LogP contribution < -0.4 is 5.32 Å². The summed E-state index contributed by atoms with van der Waals surface area (Å²) in [5.41, 5.74) is 3.02. The number of fused-ring (bicyclic) bond motifs is 1. The summed E-state index contributed by atoms with van der Waals surface area (Å²) in [6.45, 7) is 2.24. The van der Waals surface area contributed by atoms with E-state index in [1.54, 1.807) is 11.3 Å². The predicted molar refractivity (Wildman–Crippen MR) is 85.0 cm³/mol. The van der Waals surface area contributed by atoms with Crippen molar-refractivity contribution in [3.05, 3.63) is 52.0 Å². The molecule has 106 valence electrons. The number of thiazole rings is 1. The maximum Gasteiger partial charge on any atom is 0.109 e. The number of nitrogens with zero attached hydrogens (tertiary/aromatic N) is 1. The van der Waals surface area contributed by atoms with E-state index in [2.05, 4.69) is 46.9 Å². The maximum atomic E-state index is 4.49.